The second-order valence-corrected chi connectivity index (χ2v) is 15.8. The number of rotatable bonds is 45. The average molecular weight is 767 g/mol. The Morgan fingerprint density at radius 1 is 0.315 bits per heavy atom. The van der Waals surface area contributed by atoms with E-state index in [9.17, 15) is 9.59 Å². The van der Waals surface area contributed by atoms with Crippen LogP contribution in [0, 0.1) is 0 Å². The Bertz CT molecular complexity index is 681. The van der Waals surface area contributed by atoms with Gasteiger partial charge in [-0.1, -0.05) is 169 Å². The van der Waals surface area contributed by atoms with E-state index in [1.54, 1.807) is 0 Å². The van der Waals surface area contributed by atoms with Crippen LogP contribution < -0.4 is 33.0 Å². The molecule has 0 saturated carbocycles. The molecule has 0 aromatic carbocycles. The summed E-state index contributed by atoms with van der Waals surface area (Å²) < 4.78 is 0. The van der Waals surface area contributed by atoms with Crippen molar-refractivity contribution in [2.45, 2.75) is 233 Å². The standard InChI is InChI=1S/C44H94N8O2/c1-5-9-13-17-21-31-39-51(40-32-22-18-14-10-6-2)43(53)35-27-25-29-37-45-47-49-50-48-46-38-30-26-28-36-44(54)52(41-33-23-19-15-11-7-3)42-34-24-20-16-12-8-4/h45-50H,5-42H2,1-4H3. The lowest BCUT2D eigenvalue weighted by atomic mass is 10.1. The quantitative estimate of drug-likeness (QED) is 0.0268. The van der Waals surface area contributed by atoms with Gasteiger partial charge in [0.05, 0.1) is 0 Å². The van der Waals surface area contributed by atoms with Crippen LogP contribution in [0.5, 0.6) is 0 Å². The Morgan fingerprint density at radius 3 is 0.870 bits per heavy atom. The van der Waals surface area contributed by atoms with Crippen LogP contribution in [0.1, 0.15) is 233 Å². The third-order valence-electron chi connectivity index (χ3n) is 10.6. The first-order chi connectivity index (χ1) is 26.6. The molecule has 54 heavy (non-hydrogen) atoms. The van der Waals surface area contributed by atoms with Crippen molar-refractivity contribution in [2.75, 3.05) is 39.3 Å². The highest BCUT2D eigenvalue weighted by Gasteiger charge is 2.14. The molecule has 0 bridgehead atoms. The predicted octanol–water partition coefficient (Wildman–Crippen LogP) is 10.3. The Kier molecular flexibility index (Phi) is 43.3. The Hall–Kier alpha value is -1.30. The van der Waals surface area contributed by atoms with Gasteiger partial charge < -0.3 is 9.80 Å². The topological polar surface area (TPSA) is 113 Å². The number of hydrazine groups is 5. The third kappa shape index (κ3) is 37.6. The van der Waals surface area contributed by atoms with E-state index < -0.39 is 0 Å². The maximum Gasteiger partial charge on any atom is 0.222 e. The van der Waals surface area contributed by atoms with Gasteiger partial charge >= 0.3 is 0 Å². The van der Waals surface area contributed by atoms with E-state index in [1.807, 2.05) is 0 Å². The highest BCUT2D eigenvalue weighted by molar-refractivity contribution is 5.76. The van der Waals surface area contributed by atoms with Gasteiger partial charge in [0.15, 0.2) is 0 Å². The summed E-state index contributed by atoms with van der Waals surface area (Å²) in [7, 11) is 0. The van der Waals surface area contributed by atoms with Crippen molar-refractivity contribution in [1.82, 2.24) is 42.8 Å². The SMILES string of the molecule is CCCCCCCCN(CCCCCCCC)C(=O)CCCCCNNNNNNCCCCCC(=O)N(CCCCCCCC)CCCCCCCC. The first-order valence-corrected chi connectivity index (χ1v) is 23.6. The van der Waals surface area contributed by atoms with Crippen molar-refractivity contribution in [2.24, 2.45) is 0 Å². The maximum atomic E-state index is 13.0. The molecule has 0 radical (unpaired) electrons. The number of hydrogen-bond donors (Lipinski definition) is 6. The fraction of sp³-hybridized carbons (Fsp3) is 0.955. The lowest BCUT2D eigenvalue weighted by Gasteiger charge is -2.23. The smallest absolute Gasteiger partial charge is 0.222 e. The summed E-state index contributed by atoms with van der Waals surface area (Å²) >= 11 is 0. The molecule has 0 aromatic rings. The Morgan fingerprint density at radius 2 is 0.574 bits per heavy atom. The second kappa shape index (κ2) is 44.4. The molecule has 6 N–H and O–H groups in total. The number of hydrogen-bond acceptors (Lipinski definition) is 8. The van der Waals surface area contributed by atoms with Crippen molar-refractivity contribution in [1.29, 1.82) is 0 Å². The fourth-order valence-electron chi connectivity index (χ4n) is 6.98. The van der Waals surface area contributed by atoms with E-state index in [4.69, 9.17) is 0 Å². The molecular weight excluding hydrogens is 673 g/mol. The van der Waals surface area contributed by atoms with Gasteiger partial charge in [-0.25, -0.2) is 10.9 Å². The molecule has 322 valence electrons. The monoisotopic (exact) mass is 767 g/mol. The third-order valence-corrected chi connectivity index (χ3v) is 10.6. The fourth-order valence-corrected chi connectivity index (χ4v) is 6.98. The molecule has 0 aliphatic carbocycles. The minimum atomic E-state index is 0.352. The predicted molar refractivity (Wildman–Crippen MR) is 232 cm³/mol. The summed E-state index contributed by atoms with van der Waals surface area (Å²) in [5.41, 5.74) is 18.0. The molecular formula is C44H94N8O2. The summed E-state index contributed by atoms with van der Waals surface area (Å²) in [6, 6.07) is 0. The zero-order chi connectivity index (χ0) is 39.4. The van der Waals surface area contributed by atoms with E-state index in [0.717, 1.165) is 103 Å². The molecule has 0 rings (SSSR count). The zero-order valence-corrected chi connectivity index (χ0v) is 36.6. The molecule has 0 spiro atoms. The molecule has 0 heterocycles. The molecule has 10 nitrogen and oxygen atoms in total. The molecule has 0 fully saturated rings. The summed E-state index contributed by atoms with van der Waals surface area (Å²) in [6.45, 7) is 14.4. The van der Waals surface area contributed by atoms with Gasteiger partial charge in [-0.15, -0.1) is 0 Å². The molecule has 0 aliphatic heterocycles. The minimum absolute atomic E-state index is 0.352. The van der Waals surface area contributed by atoms with Crippen LogP contribution in [0.3, 0.4) is 0 Å². The number of amides is 2. The number of nitrogens with one attached hydrogen (secondary N) is 6. The first-order valence-electron chi connectivity index (χ1n) is 23.6. The van der Waals surface area contributed by atoms with Crippen molar-refractivity contribution < 1.29 is 9.59 Å². The maximum absolute atomic E-state index is 13.0. The average Bonchev–Trinajstić information content (AvgIpc) is 3.18. The second-order valence-electron chi connectivity index (χ2n) is 15.8. The van der Waals surface area contributed by atoms with E-state index in [1.165, 1.54) is 128 Å². The Balaban J connectivity index is 3.94. The summed E-state index contributed by atoms with van der Waals surface area (Å²) in [5.74, 6) is 0.704. The van der Waals surface area contributed by atoms with Crippen LogP contribution in [-0.4, -0.2) is 60.9 Å². The lowest BCUT2D eigenvalue weighted by Crippen LogP contribution is -2.58. The van der Waals surface area contributed by atoms with Gasteiger partial charge in [0.25, 0.3) is 0 Å². The van der Waals surface area contributed by atoms with Crippen molar-refractivity contribution in [3.05, 3.63) is 0 Å². The minimum Gasteiger partial charge on any atom is -0.343 e. The van der Waals surface area contributed by atoms with Crippen LogP contribution in [0.15, 0.2) is 0 Å². The lowest BCUT2D eigenvalue weighted by molar-refractivity contribution is -0.132. The van der Waals surface area contributed by atoms with Gasteiger partial charge in [-0.3, -0.25) is 9.59 Å². The Labute approximate surface area is 335 Å². The molecule has 0 unspecified atom stereocenters. The van der Waals surface area contributed by atoms with Gasteiger partial charge in [0.2, 0.25) is 11.8 Å². The van der Waals surface area contributed by atoms with E-state index >= 15 is 0 Å². The molecule has 0 atom stereocenters. The zero-order valence-electron chi connectivity index (χ0n) is 36.6. The van der Waals surface area contributed by atoms with Crippen LogP contribution in [0.25, 0.3) is 0 Å². The van der Waals surface area contributed by atoms with Crippen molar-refractivity contribution >= 4 is 11.8 Å². The van der Waals surface area contributed by atoms with Crippen LogP contribution >= 0.6 is 0 Å². The largest absolute Gasteiger partial charge is 0.343 e. The summed E-state index contributed by atoms with van der Waals surface area (Å²) in [6.07, 6.45) is 37.8. The van der Waals surface area contributed by atoms with Gasteiger partial charge in [0, 0.05) is 52.1 Å². The molecule has 0 aromatic heterocycles. The van der Waals surface area contributed by atoms with E-state index in [0.29, 0.717) is 24.7 Å². The summed E-state index contributed by atoms with van der Waals surface area (Å²) in [4.78, 5) is 30.4. The van der Waals surface area contributed by atoms with Crippen LogP contribution in [-0.2, 0) is 9.59 Å². The number of nitrogens with zero attached hydrogens (tertiary/aromatic N) is 2. The molecule has 10 heteroatoms. The highest BCUT2D eigenvalue weighted by atomic mass is 16.2. The molecule has 2 amide bonds. The molecule has 0 aliphatic rings. The van der Waals surface area contributed by atoms with Gasteiger partial charge in [0.1, 0.15) is 0 Å². The summed E-state index contributed by atoms with van der Waals surface area (Å²) in [5, 5.41) is 0. The highest BCUT2D eigenvalue weighted by Crippen LogP contribution is 2.13. The van der Waals surface area contributed by atoms with Crippen molar-refractivity contribution in [3.63, 3.8) is 0 Å². The van der Waals surface area contributed by atoms with Crippen molar-refractivity contribution in [3.8, 4) is 0 Å². The first kappa shape index (κ1) is 52.7. The van der Waals surface area contributed by atoms with Crippen LogP contribution in [0.2, 0.25) is 0 Å². The number of carbonyl (C=O) groups excluding carboxylic acids is 2. The normalized spacial score (nSPS) is 11.4. The van der Waals surface area contributed by atoms with Gasteiger partial charge in [-0.2, -0.15) is 22.1 Å². The van der Waals surface area contributed by atoms with Gasteiger partial charge in [-0.05, 0) is 51.4 Å². The van der Waals surface area contributed by atoms with E-state index in [-0.39, 0.29) is 0 Å². The number of unbranched alkanes of at least 4 members (excludes halogenated alkanes) is 24. The van der Waals surface area contributed by atoms with Crippen LogP contribution in [0.4, 0.5) is 0 Å². The number of carbonyl (C=O) groups is 2. The molecule has 0 saturated heterocycles. The van der Waals surface area contributed by atoms with E-state index in [2.05, 4.69) is 70.5 Å².